The van der Waals surface area contributed by atoms with Crippen LogP contribution in [0.5, 0.6) is 0 Å². The summed E-state index contributed by atoms with van der Waals surface area (Å²) >= 11 is 0. The van der Waals surface area contributed by atoms with Crippen molar-refractivity contribution >= 4 is 22.1 Å². The Kier molecular flexibility index (Phi) is 3.26. The van der Waals surface area contributed by atoms with Crippen molar-refractivity contribution in [2.45, 2.75) is 27.1 Å². The van der Waals surface area contributed by atoms with Gasteiger partial charge >= 0.3 is 0 Å². The summed E-state index contributed by atoms with van der Waals surface area (Å²) in [6, 6.07) is 12.0. The van der Waals surface area contributed by atoms with Crippen LogP contribution in [-0.2, 0) is 13.4 Å². The number of fused-ring (bicyclic) bond motifs is 3. The van der Waals surface area contributed by atoms with Crippen LogP contribution in [0.1, 0.15) is 27.7 Å². The summed E-state index contributed by atoms with van der Waals surface area (Å²) in [5.41, 5.74) is 5.38. The monoisotopic (exact) mass is 333 g/mol. The summed E-state index contributed by atoms with van der Waals surface area (Å²) in [4.78, 5) is 4.31. The molecule has 3 aromatic heterocycles. The highest BCUT2D eigenvalue weighted by Crippen LogP contribution is 2.32. The van der Waals surface area contributed by atoms with Gasteiger partial charge in [-0.05, 0) is 55.1 Å². The van der Waals surface area contributed by atoms with Gasteiger partial charge in [-0.3, -0.25) is 0 Å². The molecule has 126 valence electrons. The summed E-state index contributed by atoms with van der Waals surface area (Å²) < 4.78 is 24.6. The van der Waals surface area contributed by atoms with E-state index in [0.717, 1.165) is 33.2 Å². The number of furan rings is 1. The van der Waals surface area contributed by atoms with Crippen molar-refractivity contribution < 1.29 is 11.7 Å². The number of pyridine rings is 2. The smallest absolute Gasteiger partial charge is 0.227 e. The maximum Gasteiger partial charge on any atom is 0.227 e. The van der Waals surface area contributed by atoms with Gasteiger partial charge in [0.25, 0.3) is 0 Å². The lowest BCUT2D eigenvalue weighted by Crippen LogP contribution is -2.31. The Labute approximate surface area is 150 Å². The molecule has 3 heterocycles. The molecule has 3 nitrogen and oxygen atoms in total. The first-order valence-electron chi connectivity index (χ1n) is 9.57. The first kappa shape index (κ1) is 13.6. The van der Waals surface area contributed by atoms with Crippen LogP contribution in [0.25, 0.3) is 33.3 Å². The summed E-state index contributed by atoms with van der Waals surface area (Å²) in [5.74, 6) is -0.0931. The molecule has 0 atom stereocenters. The van der Waals surface area contributed by atoms with E-state index in [4.69, 9.17) is 7.16 Å². The van der Waals surface area contributed by atoms with Gasteiger partial charge in [0.15, 0.2) is 6.20 Å². The van der Waals surface area contributed by atoms with E-state index >= 15 is 0 Å². The molecule has 0 unspecified atom stereocenters. The van der Waals surface area contributed by atoms with Crippen molar-refractivity contribution in [3.8, 4) is 11.3 Å². The van der Waals surface area contributed by atoms with Crippen LogP contribution in [0.3, 0.4) is 0 Å². The van der Waals surface area contributed by atoms with E-state index in [1.54, 1.807) is 6.20 Å². The second kappa shape index (κ2) is 5.99. The van der Waals surface area contributed by atoms with Gasteiger partial charge in [0.05, 0.1) is 5.56 Å². The molecule has 0 N–H and O–H groups in total. The van der Waals surface area contributed by atoms with Gasteiger partial charge in [0.2, 0.25) is 11.4 Å². The molecule has 0 bridgehead atoms. The highest BCUT2D eigenvalue weighted by molar-refractivity contribution is 6.05. The van der Waals surface area contributed by atoms with Crippen LogP contribution < -0.4 is 4.57 Å². The van der Waals surface area contributed by atoms with Crippen molar-refractivity contribution in [2.75, 3.05) is 0 Å². The zero-order valence-electron chi connectivity index (χ0n) is 17.0. The predicted molar refractivity (Wildman–Crippen MR) is 101 cm³/mol. The minimum atomic E-state index is -1.36. The van der Waals surface area contributed by atoms with Gasteiger partial charge in [-0.1, -0.05) is 13.8 Å². The maximum atomic E-state index is 8.34. The molecular weight excluding hydrogens is 308 g/mol. The van der Waals surface area contributed by atoms with Crippen molar-refractivity contribution in [1.82, 2.24) is 4.98 Å². The average molecular weight is 333 g/mol. The largest absolute Gasteiger partial charge is 0.438 e. The minimum absolute atomic E-state index is 0.0931. The van der Waals surface area contributed by atoms with Crippen LogP contribution in [-0.4, -0.2) is 4.98 Å². The molecule has 4 rings (SSSR count). The zero-order chi connectivity index (χ0) is 19.3. The third-order valence-electron chi connectivity index (χ3n) is 4.46. The number of benzene rings is 1. The standard InChI is InChI=1S/C22H23N2O/c1-14(2)10-16-7-8-20(24(4)13-16)18-12-21-19(11-15(18)3)17-6-5-9-23-22(17)25-21/h5-9,11-14H,10H2,1-4H3/q+1/i10D2. The van der Waals surface area contributed by atoms with Crippen molar-refractivity contribution in [2.24, 2.45) is 13.0 Å². The molecule has 0 amide bonds. The van der Waals surface area contributed by atoms with E-state index in [0.29, 0.717) is 11.3 Å². The first-order chi connectivity index (χ1) is 12.8. The fraction of sp³-hybridized carbons (Fsp3) is 0.273. The molecule has 0 fully saturated rings. The third-order valence-corrected chi connectivity index (χ3v) is 4.46. The van der Waals surface area contributed by atoms with E-state index in [-0.39, 0.29) is 5.92 Å². The lowest BCUT2D eigenvalue weighted by molar-refractivity contribution is -0.660. The maximum absolute atomic E-state index is 8.34. The van der Waals surface area contributed by atoms with Gasteiger partial charge in [0, 0.05) is 31.3 Å². The number of nitrogens with zero attached hydrogens (tertiary/aromatic N) is 2. The molecule has 0 saturated heterocycles. The van der Waals surface area contributed by atoms with E-state index in [2.05, 4.69) is 24.0 Å². The molecule has 0 aliphatic rings. The quantitative estimate of drug-likeness (QED) is 0.495. The minimum Gasteiger partial charge on any atom is -0.438 e. The summed E-state index contributed by atoms with van der Waals surface area (Å²) in [6.07, 6.45) is 2.26. The van der Waals surface area contributed by atoms with Gasteiger partial charge in [0.1, 0.15) is 12.6 Å². The second-order valence-electron chi connectivity index (χ2n) is 6.83. The van der Waals surface area contributed by atoms with Crippen LogP contribution >= 0.6 is 0 Å². The Bertz CT molecular complexity index is 1160. The number of hydrogen-bond acceptors (Lipinski definition) is 2. The Hall–Kier alpha value is -2.68. The molecule has 3 heteroatoms. The molecule has 25 heavy (non-hydrogen) atoms. The number of rotatable bonds is 3. The van der Waals surface area contributed by atoms with Crippen molar-refractivity contribution in [3.63, 3.8) is 0 Å². The molecular formula is C22H23N2O+. The van der Waals surface area contributed by atoms with Crippen LogP contribution in [0, 0.1) is 12.8 Å². The third kappa shape index (κ3) is 2.80. The molecule has 0 radical (unpaired) electrons. The summed E-state index contributed by atoms with van der Waals surface area (Å²) in [7, 11) is 1.96. The molecule has 0 spiro atoms. The normalized spacial score (nSPS) is 13.5. The Balaban J connectivity index is 1.87. The van der Waals surface area contributed by atoms with Crippen LogP contribution in [0.4, 0.5) is 0 Å². The molecule has 0 aliphatic carbocycles. The van der Waals surface area contributed by atoms with E-state index in [1.165, 1.54) is 0 Å². The lowest BCUT2D eigenvalue weighted by atomic mass is 9.99. The highest BCUT2D eigenvalue weighted by atomic mass is 16.3. The lowest BCUT2D eigenvalue weighted by Gasteiger charge is -2.07. The number of hydrogen-bond donors (Lipinski definition) is 0. The Morgan fingerprint density at radius 3 is 2.80 bits per heavy atom. The first-order valence-corrected chi connectivity index (χ1v) is 8.57. The number of aromatic nitrogens is 2. The van der Waals surface area contributed by atoms with Crippen LogP contribution in [0.15, 0.2) is 53.2 Å². The average Bonchev–Trinajstić information content (AvgIpc) is 2.98. The van der Waals surface area contributed by atoms with E-state index < -0.39 is 6.37 Å². The van der Waals surface area contributed by atoms with Crippen molar-refractivity contribution in [3.05, 3.63) is 59.9 Å². The van der Waals surface area contributed by atoms with Gasteiger partial charge in [-0.15, -0.1) is 0 Å². The molecule has 0 aliphatic heterocycles. The van der Waals surface area contributed by atoms with Crippen molar-refractivity contribution in [1.29, 1.82) is 0 Å². The fourth-order valence-electron chi connectivity index (χ4n) is 3.35. The highest BCUT2D eigenvalue weighted by Gasteiger charge is 2.17. The molecule has 0 saturated carbocycles. The summed E-state index contributed by atoms with van der Waals surface area (Å²) in [5, 5.41) is 2.08. The Morgan fingerprint density at radius 2 is 2.04 bits per heavy atom. The molecule has 1 aromatic carbocycles. The van der Waals surface area contributed by atoms with Gasteiger partial charge in [-0.2, -0.15) is 0 Å². The fourth-order valence-corrected chi connectivity index (χ4v) is 3.35. The van der Waals surface area contributed by atoms with Gasteiger partial charge in [-0.25, -0.2) is 9.55 Å². The zero-order valence-corrected chi connectivity index (χ0v) is 15.0. The predicted octanol–water partition coefficient (Wildman–Crippen LogP) is 4.98. The summed E-state index contributed by atoms with van der Waals surface area (Å²) in [6.45, 7) is 5.90. The van der Waals surface area contributed by atoms with Gasteiger partial charge < -0.3 is 4.42 Å². The van der Waals surface area contributed by atoms with E-state index in [9.17, 15) is 0 Å². The Morgan fingerprint density at radius 1 is 1.20 bits per heavy atom. The van der Waals surface area contributed by atoms with E-state index in [1.807, 2.05) is 55.9 Å². The SMILES string of the molecule is [2H]C([2H])(c1ccc(-c2cc3oc4ncccc4c3cc2C)[n+](C)c1)C(C)C. The molecule has 4 aromatic rings. The topological polar surface area (TPSA) is 29.9 Å². The van der Waals surface area contributed by atoms with Crippen LogP contribution in [0.2, 0.25) is 0 Å². The number of aryl methyl sites for hydroxylation is 2. The second-order valence-corrected chi connectivity index (χ2v) is 6.83.